The summed E-state index contributed by atoms with van der Waals surface area (Å²) in [6.45, 7) is 2.05. The van der Waals surface area contributed by atoms with Crippen LogP contribution >= 0.6 is 11.3 Å². The maximum absolute atomic E-state index is 12.5. The predicted molar refractivity (Wildman–Crippen MR) is 145 cm³/mol. The van der Waals surface area contributed by atoms with Gasteiger partial charge in [-0.25, -0.2) is 4.98 Å². The van der Waals surface area contributed by atoms with Crippen molar-refractivity contribution in [3.05, 3.63) is 99.6 Å². The van der Waals surface area contributed by atoms with Gasteiger partial charge >= 0.3 is 0 Å². The predicted octanol–water partition coefficient (Wildman–Crippen LogP) is 5.18. The van der Waals surface area contributed by atoms with Crippen LogP contribution in [0, 0.1) is 0 Å². The van der Waals surface area contributed by atoms with Gasteiger partial charge in [0.15, 0.2) is 0 Å². The average molecular weight is 499 g/mol. The normalized spacial score (nSPS) is 17.5. The summed E-state index contributed by atoms with van der Waals surface area (Å²) in [7, 11) is 1.70. The first-order valence-electron chi connectivity index (χ1n) is 12.2. The molecule has 0 spiro atoms. The Bertz CT molecular complexity index is 1350. The van der Waals surface area contributed by atoms with E-state index >= 15 is 0 Å². The van der Waals surface area contributed by atoms with Gasteiger partial charge in [0.1, 0.15) is 0 Å². The third-order valence-electron chi connectivity index (χ3n) is 6.80. The van der Waals surface area contributed by atoms with Crippen LogP contribution in [0.2, 0.25) is 0 Å². The molecule has 1 saturated heterocycles. The highest BCUT2D eigenvalue weighted by molar-refractivity contribution is 7.07. The molecule has 2 aromatic heterocycles. The molecule has 7 heteroatoms. The Kier molecular flexibility index (Phi) is 7.51. The van der Waals surface area contributed by atoms with Crippen LogP contribution in [-0.2, 0) is 6.54 Å². The smallest absolute Gasteiger partial charge is 0.253 e. The zero-order valence-corrected chi connectivity index (χ0v) is 21.2. The molecule has 3 heterocycles. The fourth-order valence-electron chi connectivity index (χ4n) is 4.90. The fourth-order valence-corrected chi connectivity index (χ4v) is 5.45. The van der Waals surface area contributed by atoms with Crippen LogP contribution in [0.1, 0.15) is 46.1 Å². The highest BCUT2D eigenvalue weighted by Crippen LogP contribution is 2.38. The Morgan fingerprint density at radius 3 is 2.78 bits per heavy atom. The molecule has 0 bridgehead atoms. The van der Waals surface area contributed by atoms with E-state index in [1.165, 1.54) is 16.0 Å². The Labute approximate surface area is 215 Å². The van der Waals surface area contributed by atoms with Crippen molar-refractivity contribution < 1.29 is 9.90 Å². The quantitative estimate of drug-likeness (QED) is 0.380. The summed E-state index contributed by atoms with van der Waals surface area (Å²) in [6, 6.07) is 18.5. The summed E-state index contributed by atoms with van der Waals surface area (Å²) in [5.41, 5.74) is 8.43. The number of hydrogen-bond donors (Lipinski definition) is 1. The molecule has 1 unspecified atom stereocenters. The number of para-hydroxylation sites is 1. The number of benzene rings is 2. The second-order valence-electron chi connectivity index (χ2n) is 9.22. The summed E-state index contributed by atoms with van der Waals surface area (Å²) >= 11 is 1.64. The van der Waals surface area contributed by atoms with Gasteiger partial charge in [0.2, 0.25) is 0 Å². The molecule has 1 aliphatic rings. The number of nitrogens with zero attached hydrogens (tertiary/aromatic N) is 4. The van der Waals surface area contributed by atoms with E-state index in [0.29, 0.717) is 12.1 Å². The molecule has 1 amide bonds. The maximum atomic E-state index is 12.5. The molecule has 2 aromatic carbocycles. The van der Waals surface area contributed by atoms with Crippen molar-refractivity contribution in [3.63, 3.8) is 0 Å². The van der Waals surface area contributed by atoms with Gasteiger partial charge in [-0.15, -0.1) is 11.3 Å². The van der Waals surface area contributed by atoms with E-state index in [-0.39, 0.29) is 18.6 Å². The molecule has 0 radical (unpaired) electrons. The van der Waals surface area contributed by atoms with Crippen molar-refractivity contribution in [2.45, 2.75) is 25.4 Å². The fraction of sp³-hybridized carbons (Fsp3) is 0.276. The molecular weight excluding hydrogens is 468 g/mol. The number of pyridine rings is 1. The summed E-state index contributed by atoms with van der Waals surface area (Å²) in [5.74, 6) is -0.0814. The van der Waals surface area contributed by atoms with Crippen molar-refractivity contribution in [2.24, 2.45) is 0 Å². The number of aromatic nitrogens is 2. The minimum Gasteiger partial charge on any atom is -0.395 e. The van der Waals surface area contributed by atoms with Crippen LogP contribution in [0.15, 0.2) is 77.3 Å². The third kappa shape index (κ3) is 5.38. The van der Waals surface area contributed by atoms with Crippen molar-refractivity contribution in [2.75, 3.05) is 26.7 Å². The van der Waals surface area contributed by atoms with Crippen molar-refractivity contribution in [1.82, 2.24) is 19.8 Å². The van der Waals surface area contributed by atoms with Gasteiger partial charge in [-0.3, -0.25) is 14.7 Å². The van der Waals surface area contributed by atoms with Crippen molar-refractivity contribution in [1.29, 1.82) is 0 Å². The molecule has 36 heavy (non-hydrogen) atoms. The summed E-state index contributed by atoms with van der Waals surface area (Å²) in [6.07, 6.45) is 6.03. The monoisotopic (exact) mass is 498 g/mol. The topological polar surface area (TPSA) is 69.6 Å². The Balaban J connectivity index is 1.41. The molecule has 4 aromatic rings. The highest BCUT2D eigenvalue weighted by Gasteiger charge is 2.28. The highest BCUT2D eigenvalue weighted by atomic mass is 32.1. The number of likely N-dealkylation sites (N-methyl/N-ethyl adjacent to an activating group) is 1. The SMILES string of the molecule is CN(CCO)C(=O)c1ccc(C=C2CCN(Cc3cscn3)C(c3cccc4cccnc34)C2)cc1. The first kappa shape index (κ1) is 24.3. The largest absolute Gasteiger partial charge is 0.395 e. The lowest BCUT2D eigenvalue weighted by Crippen LogP contribution is -2.34. The van der Waals surface area contributed by atoms with Gasteiger partial charge in [0.25, 0.3) is 5.91 Å². The summed E-state index contributed by atoms with van der Waals surface area (Å²) < 4.78 is 0. The zero-order valence-electron chi connectivity index (χ0n) is 20.4. The molecule has 5 rings (SSSR count). The minimum atomic E-state index is -0.0814. The van der Waals surface area contributed by atoms with E-state index in [1.54, 1.807) is 18.4 Å². The summed E-state index contributed by atoms with van der Waals surface area (Å²) in [5, 5.41) is 12.4. The van der Waals surface area contributed by atoms with E-state index in [0.717, 1.165) is 48.1 Å². The molecule has 0 saturated carbocycles. The van der Waals surface area contributed by atoms with Gasteiger partial charge in [0.05, 0.1) is 23.3 Å². The van der Waals surface area contributed by atoms with E-state index in [4.69, 9.17) is 10.1 Å². The molecule has 1 N–H and O–H groups in total. The molecule has 0 aliphatic carbocycles. The van der Waals surface area contributed by atoms with Gasteiger partial charge in [-0.1, -0.05) is 48.0 Å². The number of piperidine rings is 1. The number of rotatable bonds is 7. The van der Waals surface area contributed by atoms with E-state index in [2.05, 4.69) is 45.6 Å². The molecule has 6 nitrogen and oxygen atoms in total. The number of carbonyl (C=O) groups excluding carboxylic acids is 1. The van der Waals surface area contributed by atoms with Gasteiger partial charge < -0.3 is 10.0 Å². The number of likely N-dealkylation sites (tertiary alicyclic amines) is 1. The molecule has 1 aliphatic heterocycles. The van der Waals surface area contributed by atoms with Crippen LogP contribution in [0.3, 0.4) is 0 Å². The van der Waals surface area contributed by atoms with E-state index in [9.17, 15) is 4.79 Å². The molecule has 1 fully saturated rings. The maximum Gasteiger partial charge on any atom is 0.253 e. The molecule has 1 atom stereocenters. The van der Waals surface area contributed by atoms with Crippen LogP contribution in [0.5, 0.6) is 0 Å². The van der Waals surface area contributed by atoms with E-state index in [1.807, 2.05) is 42.0 Å². The number of aliphatic hydroxyl groups excluding tert-OH is 1. The second kappa shape index (κ2) is 11.1. The number of fused-ring (bicyclic) bond motifs is 1. The zero-order chi connectivity index (χ0) is 24.9. The molecular formula is C29H30N4O2S. The number of thiazole rings is 1. The Morgan fingerprint density at radius 1 is 1.17 bits per heavy atom. The van der Waals surface area contributed by atoms with Crippen LogP contribution < -0.4 is 0 Å². The van der Waals surface area contributed by atoms with Crippen LogP contribution in [0.25, 0.3) is 17.0 Å². The number of aliphatic hydroxyl groups is 1. The lowest BCUT2D eigenvalue weighted by Gasteiger charge is -2.37. The Hall–Kier alpha value is -3.39. The van der Waals surface area contributed by atoms with Crippen LogP contribution in [0.4, 0.5) is 0 Å². The van der Waals surface area contributed by atoms with Gasteiger partial charge in [-0.05, 0) is 42.2 Å². The Morgan fingerprint density at radius 2 is 2.00 bits per heavy atom. The van der Waals surface area contributed by atoms with Crippen molar-refractivity contribution >= 4 is 34.2 Å². The second-order valence-corrected chi connectivity index (χ2v) is 9.94. The van der Waals surface area contributed by atoms with E-state index < -0.39 is 0 Å². The third-order valence-corrected chi connectivity index (χ3v) is 7.43. The van der Waals surface area contributed by atoms with Gasteiger partial charge in [0, 0.05) is 55.3 Å². The van der Waals surface area contributed by atoms with Crippen LogP contribution in [-0.4, -0.2) is 57.5 Å². The van der Waals surface area contributed by atoms with Crippen molar-refractivity contribution in [3.8, 4) is 0 Å². The first-order valence-corrected chi connectivity index (χ1v) is 13.2. The van der Waals surface area contributed by atoms with Gasteiger partial charge in [-0.2, -0.15) is 0 Å². The molecule has 184 valence electrons. The lowest BCUT2D eigenvalue weighted by atomic mass is 9.89. The number of hydrogen-bond acceptors (Lipinski definition) is 6. The lowest BCUT2D eigenvalue weighted by molar-refractivity contribution is 0.0767. The standard InChI is InChI=1S/C29H30N4O2S/c1-32(14-15-34)29(35)24-9-7-21(8-10-24)16-22-11-13-33(18-25-19-36-20-31-25)27(17-22)26-6-2-4-23-5-3-12-30-28(23)26/h2-10,12,16,19-20,27,34H,11,13-15,17-18H2,1H3. The summed E-state index contributed by atoms with van der Waals surface area (Å²) in [4.78, 5) is 25.8. The number of amides is 1. The average Bonchev–Trinajstić information content (AvgIpc) is 3.42. The minimum absolute atomic E-state index is 0.0424. The first-order chi connectivity index (χ1) is 17.6. The number of carbonyl (C=O) groups is 1.